The summed E-state index contributed by atoms with van der Waals surface area (Å²) in [5.74, 6) is -0.270. The molecule has 10 heteroatoms. The van der Waals surface area contributed by atoms with Gasteiger partial charge in [0.2, 0.25) is 0 Å². The van der Waals surface area contributed by atoms with Crippen molar-refractivity contribution >= 4 is 23.2 Å². The highest BCUT2D eigenvalue weighted by atomic mass is 35.5. The Kier molecular flexibility index (Phi) is 3.66. The van der Waals surface area contributed by atoms with Gasteiger partial charge in [0.15, 0.2) is 5.82 Å². The number of nitrogens with one attached hydrogen (secondary N) is 2. The van der Waals surface area contributed by atoms with Crippen LogP contribution in [0.3, 0.4) is 0 Å². The quantitative estimate of drug-likeness (QED) is 0.627. The van der Waals surface area contributed by atoms with Gasteiger partial charge in [0.25, 0.3) is 11.6 Å². The Hall–Kier alpha value is -2.55. The van der Waals surface area contributed by atoms with Crippen LogP contribution in [0.4, 0.5) is 5.69 Å². The molecular weight excluding hydrogens is 276 g/mol. The molecule has 19 heavy (non-hydrogen) atoms. The molecule has 2 aromatic rings. The van der Waals surface area contributed by atoms with E-state index in [9.17, 15) is 14.9 Å². The van der Waals surface area contributed by atoms with Crippen LogP contribution in [-0.4, -0.2) is 31.5 Å². The molecule has 0 aliphatic carbocycles. The third kappa shape index (κ3) is 2.83. The molecule has 98 valence electrons. The Labute approximate surface area is 111 Å². The van der Waals surface area contributed by atoms with Gasteiger partial charge in [-0.15, -0.1) is 10.2 Å². The summed E-state index contributed by atoms with van der Waals surface area (Å²) in [6.45, 7) is 0.0361. The van der Waals surface area contributed by atoms with Gasteiger partial charge in [0, 0.05) is 6.07 Å². The Balaban J connectivity index is 2.15. The summed E-state index contributed by atoms with van der Waals surface area (Å²) < 4.78 is 0. The van der Waals surface area contributed by atoms with Crippen molar-refractivity contribution in [2.24, 2.45) is 0 Å². The van der Waals surface area contributed by atoms with Crippen LogP contribution in [0.15, 0.2) is 18.2 Å². The second-order valence-corrected chi connectivity index (χ2v) is 3.78. The summed E-state index contributed by atoms with van der Waals surface area (Å²) in [7, 11) is 0. The van der Waals surface area contributed by atoms with Gasteiger partial charge >= 0.3 is 0 Å². The topological polar surface area (TPSA) is 127 Å². The number of amides is 1. The van der Waals surface area contributed by atoms with Crippen molar-refractivity contribution in [3.8, 4) is 0 Å². The zero-order valence-corrected chi connectivity index (χ0v) is 10.1. The normalized spacial score (nSPS) is 10.2. The lowest BCUT2D eigenvalue weighted by atomic mass is 10.2. The molecule has 1 aromatic heterocycles. The van der Waals surface area contributed by atoms with Crippen LogP contribution in [0.2, 0.25) is 5.02 Å². The number of aromatic amines is 1. The highest BCUT2D eigenvalue weighted by Gasteiger charge is 2.19. The van der Waals surface area contributed by atoms with Crippen LogP contribution < -0.4 is 5.32 Å². The van der Waals surface area contributed by atoms with E-state index >= 15 is 0 Å². The summed E-state index contributed by atoms with van der Waals surface area (Å²) >= 11 is 5.81. The first-order valence-electron chi connectivity index (χ1n) is 5.03. The fourth-order valence-electron chi connectivity index (χ4n) is 1.35. The van der Waals surface area contributed by atoms with E-state index in [1.54, 1.807) is 0 Å². The molecule has 0 unspecified atom stereocenters. The van der Waals surface area contributed by atoms with Crippen LogP contribution in [0, 0.1) is 10.1 Å². The fraction of sp³-hybridized carbons (Fsp3) is 0.111. The molecule has 0 saturated carbocycles. The van der Waals surface area contributed by atoms with E-state index < -0.39 is 10.8 Å². The smallest absolute Gasteiger partial charge is 0.288 e. The van der Waals surface area contributed by atoms with Gasteiger partial charge in [-0.25, -0.2) is 0 Å². The van der Waals surface area contributed by atoms with E-state index in [1.807, 2.05) is 0 Å². The van der Waals surface area contributed by atoms with Crippen molar-refractivity contribution in [2.45, 2.75) is 6.54 Å². The lowest BCUT2D eigenvalue weighted by Crippen LogP contribution is -2.24. The molecule has 2 N–H and O–H groups in total. The number of nitrogens with zero attached hydrogens (tertiary/aromatic N) is 4. The lowest BCUT2D eigenvalue weighted by molar-refractivity contribution is -0.384. The second-order valence-electron chi connectivity index (χ2n) is 3.41. The van der Waals surface area contributed by atoms with Crippen molar-refractivity contribution in [1.82, 2.24) is 25.9 Å². The largest absolute Gasteiger partial charge is 0.345 e. The van der Waals surface area contributed by atoms with Crippen molar-refractivity contribution in [3.05, 3.63) is 44.7 Å². The second kappa shape index (κ2) is 5.40. The zero-order valence-electron chi connectivity index (χ0n) is 9.33. The summed E-state index contributed by atoms with van der Waals surface area (Å²) in [4.78, 5) is 21.9. The molecule has 0 bridgehead atoms. The van der Waals surface area contributed by atoms with Gasteiger partial charge in [-0.05, 0) is 6.07 Å². The van der Waals surface area contributed by atoms with Crippen molar-refractivity contribution < 1.29 is 9.72 Å². The van der Waals surface area contributed by atoms with Crippen LogP contribution in [-0.2, 0) is 6.54 Å². The number of halogens is 1. The van der Waals surface area contributed by atoms with E-state index in [0.29, 0.717) is 0 Å². The number of hydrogen-bond donors (Lipinski definition) is 2. The van der Waals surface area contributed by atoms with Crippen molar-refractivity contribution in [1.29, 1.82) is 0 Å². The molecule has 0 spiro atoms. The minimum atomic E-state index is -0.654. The van der Waals surface area contributed by atoms with E-state index in [4.69, 9.17) is 11.6 Å². The number of nitro groups is 1. The van der Waals surface area contributed by atoms with Gasteiger partial charge < -0.3 is 5.32 Å². The number of carbonyl (C=O) groups excluding carboxylic acids is 1. The van der Waals surface area contributed by atoms with E-state index in [-0.39, 0.29) is 28.6 Å². The van der Waals surface area contributed by atoms with Gasteiger partial charge in [0.05, 0.1) is 17.0 Å². The monoisotopic (exact) mass is 282 g/mol. The molecule has 2 rings (SSSR count). The molecule has 1 aromatic carbocycles. The summed E-state index contributed by atoms with van der Waals surface area (Å²) in [6.07, 6.45) is 0. The van der Waals surface area contributed by atoms with Gasteiger partial charge in [-0.2, -0.15) is 5.21 Å². The van der Waals surface area contributed by atoms with Crippen LogP contribution in [0.5, 0.6) is 0 Å². The predicted molar refractivity (Wildman–Crippen MR) is 63.5 cm³/mol. The maximum atomic E-state index is 11.8. The number of benzene rings is 1. The van der Waals surface area contributed by atoms with E-state index in [2.05, 4.69) is 25.9 Å². The van der Waals surface area contributed by atoms with E-state index in [1.165, 1.54) is 18.2 Å². The molecule has 0 aliphatic heterocycles. The number of H-pyrrole nitrogens is 1. The third-order valence-corrected chi connectivity index (χ3v) is 2.61. The molecular formula is C9H7ClN6O3. The van der Waals surface area contributed by atoms with Crippen LogP contribution in [0.1, 0.15) is 16.2 Å². The Morgan fingerprint density at radius 2 is 2.32 bits per heavy atom. The first kappa shape index (κ1) is 12.9. The SMILES string of the molecule is O=C(NCc1nn[nH]n1)c1cccc([N+](=O)[O-])c1Cl. The lowest BCUT2D eigenvalue weighted by Gasteiger charge is -2.04. The maximum absolute atomic E-state index is 11.8. The highest BCUT2D eigenvalue weighted by Crippen LogP contribution is 2.27. The number of aromatic nitrogens is 4. The number of rotatable bonds is 4. The number of tetrazole rings is 1. The predicted octanol–water partition coefficient (Wildman–Crippen LogP) is 0.691. The van der Waals surface area contributed by atoms with Crippen molar-refractivity contribution in [2.75, 3.05) is 0 Å². The van der Waals surface area contributed by atoms with E-state index in [0.717, 1.165) is 0 Å². The average Bonchev–Trinajstić information content (AvgIpc) is 2.89. The minimum absolute atomic E-state index is 0.0133. The summed E-state index contributed by atoms with van der Waals surface area (Å²) in [5.41, 5.74) is -0.312. The summed E-state index contributed by atoms with van der Waals surface area (Å²) in [6, 6.07) is 3.99. The fourth-order valence-corrected chi connectivity index (χ4v) is 1.63. The number of carbonyl (C=O) groups is 1. The maximum Gasteiger partial charge on any atom is 0.288 e. The Bertz CT molecular complexity index is 614. The molecule has 0 aliphatic rings. The zero-order chi connectivity index (χ0) is 13.8. The first-order chi connectivity index (χ1) is 9.09. The van der Waals surface area contributed by atoms with Gasteiger partial charge in [0.1, 0.15) is 5.02 Å². The molecule has 0 radical (unpaired) electrons. The standard InChI is InChI=1S/C9H7ClN6O3/c10-8-5(2-1-3-6(8)16(18)19)9(17)11-4-7-12-14-15-13-7/h1-3H,4H2,(H,11,17)(H,12,13,14,15). The third-order valence-electron chi connectivity index (χ3n) is 2.22. The molecule has 9 nitrogen and oxygen atoms in total. The molecule has 0 fully saturated rings. The Morgan fingerprint density at radius 1 is 1.53 bits per heavy atom. The van der Waals surface area contributed by atoms with Crippen molar-refractivity contribution in [3.63, 3.8) is 0 Å². The van der Waals surface area contributed by atoms with Gasteiger partial charge in [-0.3, -0.25) is 14.9 Å². The molecule has 1 heterocycles. The van der Waals surface area contributed by atoms with Gasteiger partial charge in [-0.1, -0.05) is 22.9 Å². The molecule has 0 atom stereocenters. The minimum Gasteiger partial charge on any atom is -0.345 e. The average molecular weight is 283 g/mol. The molecule has 1 amide bonds. The number of hydrogen-bond acceptors (Lipinski definition) is 6. The molecule has 0 saturated heterocycles. The highest BCUT2D eigenvalue weighted by molar-refractivity contribution is 6.35. The number of nitro benzene ring substituents is 1. The first-order valence-corrected chi connectivity index (χ1v) is 5.41. The van der Waals surface area contributed by atoms with Crippen LogP contribution >= 0.6 is 11.6 Å². The summed E-state index contributed by atoms with van der Waals surface area (Å²) in [5, 5.41) is 25.8. The Morgan fingerprint density at radius 3 is 2.95 bits per heavy atom. The van der Waals surface area contributed by atoms with Crippen LogP contribution in [0.25, 0.3) is 0 Å².